The van der Waals surface area contributed by atoms with Gasteiger partial charge in [0, 0.05) is 34.9 Å². The molecule has 0 unspecified atom stereocenters. The summed E-state index contributed by atoms with van der Waals surface area (Å²) in [6, 6.07) is 17.2. The van der Waals surface area contributed by atoms with Crippen LogP contribution in [-0.2, 0) is 4.79 Å². The fraction of sp³-hybridized carbons (Fsp3) is 0.148. The minimum absolute atomic E-state index is 0.182. The van der Waals surface area contributed by atoms with Crippen molar-refractivity contribution >= 4 is 34.7 Å². The van der Waals surface area contributed by atoms with Gasteiger partial charge >= 0.3 is 0 Å². The van der Waals surface area contributed by atoms with E-state index in [0.29, 0.717) is 33.3 Å². The summed E-state index contributed by atoms with van der Waals surface area (Å²) in [5.41, 5.74) is 3.25. The highest BCUT2D eigenvalue weighted by Crippen LogP contribution is 2.35. The number of carbonyl (C=O) groups excluding carboxylic acids is 1. The normalized spacial score (nSPS) is 12.4. The summed E-state index contributed by atoms with van der Waals surface area (Å²) in [6.07, 6.45) is 3.39. The quantitative estimate of drug-likeness (QED) is 0.316. The number of aryl methyl sites for hydroxylation is 1. The molecule has 0 radical (unpaired) electrons. The topological polar surface area (TPSA) is 91.3 Å². The van der Waals surface area contributed by atoms with Crippen LogP contribution in [0, 0.1) is 18.6 Å². The maximum atomic E-state index is 15.0. The predicted molar refractivity (Wildman–Crippen MR) is 131 cm³/mol. The number of para-hydroxylation sites is 1. The van der Waals surface area contributed by atoms with E-state index < -0.39 is 11.6 Å². The number of carboxylic acid groups (broad SMARTS) is 1. The number of nitrogens with one attached hydrogen (secondary N) is 2. The van der Waals surface area contributed by atoms with Crippen LogP contribution in [0.3, 0.4) is 0 Å². The summed E-state index contributed by atoms with van der Waals surface area (Å²) in [5, 5.41) is 13.8. The molecular weight excluding hydrogens is 452 g/mol. The van der Waals surface area contributed by atoms with Gasteiger partial charge in [-0.1, -0.05) is 30.3 Å². The van der Waals surface area contributed by atoms with Gasteiger partial charge in [-0.05, 0) is 55.2 Å². The smallest absolute Gasteiger partial charge is 0.290 e. The number of fused-ring (bicyclic) bond motifs is 1. The van der Waals surface area contributed by atoms with Crippen molar-refractivity contribution in [1.82, 2.24) is 10.3 Å². The molecule has 5 rings (SSSR count). The first-order chi connectivity index (χ1) is 16.9. The van der Waals surface area contributed by atoms with Gasteiger partial charge in [-0.3, -0.25) is 14.6 Å². The minimum Gasteiger partial charge on any atom is -0.483 e. The fourth-order valence-corrected chi connectivity index (χ4v) is 3.66. The fourth-order valence-electron chi connectivity index (χ4n) is 3.66. The molecule has 1 aliphatic rings. The highest BCUT2D eigenvalue weighted by Gasteiger charge is 2.26. The third kappa shape index (κ3) is 5.43. The van der Waals surface area contributed by atoms with Crippen LogP contribution in [0.2, 0.25) is 0 Å². The molecule has 1 saturated carbocycles. The number of rotatable bonds is 5. The Hall–Kier alpha value is -4.33. The van der Waals surface area contributed by atoms with Crippen molar-refractivity contribution < 1.29 is 23.5 Å². The predicted octanol–water partition coefficient (Wildman–Crippen LogP) is 5.83. The Morgan fingerprint density at radius 2 is 1.77 bits per heavy atom. The molecule has 3 N–H and O–H groups in total. The summed E-state index contributed by atoms with van der Waals surface area (Å²) in [4.78, 5) is 25.6. The molecule has 1 aromatic heterocycles. The second kappa shape index (κ2) is 10.3. The molecule has 0 bridgehead atoms. The lowest BCUT2D eigenvalue weighted by Crippen LogP contribution is -2.26. The summed E-state index contributed by atoms with van der Waals surface area (Å²) < 4.78 is 29.1. The Morgan fingerprint density at radius 1 is 1.06 bits per heavy atom. The van der Waals surface area contributed by atoms with Crippen LogP contribution in [-0.4, -0.2) is 28.5 Å². The van der Waals surface area contributed by atoms with E-state index in [2.05, 4.69) is 15.6 Å². The van der Waals surface area contributed by atoms with Gasteiger partial charge < -0.3 is 15.7 Å². The minimum atomic E-state index is -0.505. The molecule has 35 heavy (non-hydrogen) atoms. The second-order valence-electron chi connectivity index (χ2n) is 8.20. The molecule has 6 nitrogen and oxygen atoms in total. The lowest BCUT2D eigenvalue weighted by atomic mass is 9.99. The molecule has 1 amide bonds. The van der Waals surface area contributed by atoms with E-state index in [9.17, 15) is 13.6 Å². The lowest BCUT2D eigenvalue weighted by Gasteiger charge is -2.16. The molecule has 0 atom stereocenters. The zero-order chi connectivity index (χ0) is 24.9. The van der Waals surface area contributed by atoms with Gasteiger partial charge in [0.25, 0.3) is 12.4 Å². The average Bonchev–Trinajstić information content (AvgIpc) is 3.66. The van der Waals surface area contributed by atoms with Crippen LogP contribution in [0.25, 0.3) is 22.0 Å². The molecule has 0 saturated heterocycles. The molecule has 4 aromatic rings. The number of amides is 1. The van der Waals surface area contributed by atoms with E-state index in [-0.39, 0.29) is 24.0 Å². The molecule has 1 aliphatic carbocycles. The number of nitrogens with zero attached hydrogens (tertiary/aromatic N) is 1. The Labute approximate surface area is 200 Å². The molecule has 1 heterocycles. The highest BCUT2D eigenvalue weighted by atomic mass is 19.1. The molecule has 0 aliphatic heterocycles. The van der Waals surface area contributed by atoms with E-state index in [1.165, 1.54) is 18.3 Å². The zero-order valence-electron chi connectivity index (χ0n) is 18.9. The van der Waals surface area contributed by atoms with Crippen molar-refractivity contribution in [3.63, 3.8) is 0 Å². The number of hydrogen-bond acceptors (Lipinski definition) is 4. The van der Waals surface area contributed by atoms with Gasteiger partial charge in [0.2, 0.25) is 0 Å². The first kappa shape index (κ1) is 23.8. The summed E-state index contributed by atoms with van der Waals surface area (Å²) in [5.74, 6) is -1.14. The van der Waals surface area contributed by atoms with Crippen LogP contribution >= 0.6 is 0 Å². The molecule has 3 aromatic carbocycles. The number of anilines is 2. The van der Waals surface area contributed by atoms with E-state index in [0.717, 1.165) is 18.5 Å². The van der Waals surface area contributed by atoms with Crippen LogP contribution in [0.1, 0.15) is 28.8 Å². The Morgan fingerprint density at radius 3 is 2.43 bits per heavy atom. The van der Waals surface area contributed by atoms with Crippen LogP contribution in [0.15, 0.2) is 66.9 Å². The largest absolute Gasteiger partial charge is 0.483 e. The molecular formula is C27H23F2N3O3. The standard InChI is InChI=1S/C26H21F2N3O.CH2O2/c1-15-7-8-16(11-22(15)27)19-12-20-24(13-23(19)28)29-14-21(26(32)31-18-9-10-18)25(20)30-17-5-3-2-4-6-17;2-1-3/h2-8,11-14,18H,9-10H2,1H3,(H,29,30)(H,31,32);1H,(H,2,3). The molecule has 8 heteroatoms. The van der Waals surface area contributed by atoms with Crippen molar-refractivity contribution in [2.45, 2.75) is 25.8 Å². The highest BCUT2D eigenvalue weighted by molar-refractivity contribution is 6.09. The zero-order valence-corrected chi connectivity index (χ0v) is 18.9. The SMILES string of the molecule is Cc1ccc(-c2cc3c(Nc4ccccc4)c(C(=O)NC4CC4)cnc3cc2F)cc1F.O=CO. The van der Waals surface area contributed by atoms with Crippen LogP contribution < -0.4 is 10.6 Å². The van der Waals surface area contributed by atoms with Gasteiger partial charge in [-0.25, -0.2) is 8.78 Å². The van der Waals surface area contributed by atoms with Crippen molar-refractivity contribution in [2.24, 2.45) is 0 Å². The molecule has 178 valence electrons. The molecule has 1 fully saturated rings. The Balaban J connectivity index is 0.000000917. The monoisotopic (exact) mass is 475 g/mol. The van der Waals surface area contributed by atoms with Crippen LogP contribution in [0.5, 0.6) is 0 Å². The maximum absolute atomic E-state index is 15.0. The summed E-state index contributed by atoms with van der Waals surface area (Å²) in [7, 11) is 0. The van der Waals surface area contributed by atoms with Gasteiger partial charge in [-0.15, -0.1) is 0 Å². The average molecular weight is 475 g/mol. The second-order valence-corrected chi connectivity index (χ2v) is 8.20. The van der Waals surface area contributed by atoms with Crippen LogP contribution in [0.4, 0.5) is 20.2 Å². The van der Waals surface area contributed by atoms with Crippen molar-refractivity contribution in [3.05, 3.63) is 89.6 Å². The van der Waals surface area contributed by atoms with E-state index in [1.807, 2.05) is 30.3 Å². The summed E-state index contributed by atoms with van der Waals surface area (Å²) in [6.45, 7) is 1.41. The van der Waals surface area contributed by atoms with Gasteiger partial charge in [0.05, 0.1) is 16.8 Å². The van der Waals surface area contributed by atoms with Crippen molar-refractivity contribution in [1.29, 1.82) is 0 Å². The third-order valence-corrected chi connectivity index (χ3v) is 5.64. The van der Waals surface area contributed by atoms with Crippen molar-refractivity contribution in [2.75, 3.05) is 5.32 Å². The number of halogens is 2. The number of aromatic nitrogens is 1. The lowest BCUT2D eigenvalue weighted by molar-refractivity contribution is -0.122. The Kier molecular flexibility index (Phi) is 7.01. The molecule has 0 spiro atoms. The van der Waals surface area contributed by atoms with E-state index in [1.54, 1.807) is 25.1 Å². The third-order valence-electron chi connectivity index (χ3n) is 5.64. The Bertz CT molecular complexity index is 1390. The van der Waals surface area contributed by atoms with Gasteiger partial charge in [0.15, 0.2) is 0 Å². The number of benzene rings is 3. The first-order valence-electron chi connectivity index (χ1n) is 11.0. The first-order valence-corrected chi connectivity index (χ1v) is 11.0. The number of pyridine rings is 1. The van der Waals surface area contributed by atoms with Gasteiger partial charge in [-0.2, -0.15) is 0 Å². The van der Waals surface area contributed by atoms with Crippen molar-refractivity contribution in [3.8, 4) is 11.1 Å². The summed E-state index contributed by atoms with van der Waals surface area (Å²) >= 11 is 0. The van der Waals surface area contributed by atoms with E-state index >= 15 is 0 Å². The number of carbonyl (C=O) groups is 2. The van der Waals surface area contributed by atoms with E-state index in [4.69, 9.17) is 9.90 Å². The maximum Gasteiger partial charge on any atom is 0.290 e. The van der Waals surface area contributed by atoms with Gasteiger partial charge in [0.1, 0.15) is 11.6 Å². The number of hydrogen-bond donors (Lipinski definition) is 3.